The average Bonchev–Trinajstić information content (AvgIpc) is 2.97. The fourth-order valence-corrected chi connectivity index (χ4v) is 3.62. The predicted molar refractivity (Wildman–Crippen MR) is 87.7 cm³/mol. The molecule has 1 saturated heterocycles. The van der Waals surface area contributed by atoms with Crippen molar-refractivity contribution >= 4 is 17.2 Å². The van der Waals surface area contributed by atoms with E-state index in [1.807, 2.05) is 22.4 Å². The first-order chi connectivity index (χ1) is 11.7. The molecule has 128 valence electrons. The highest BCUT2D eigenvalue weighted by atomic mass is 32.1. The van der Waals surface area contributed by atoms with Gasteiger partial charge in [0.15, 0.2) is 0 Å². The maximum Gasteiger partial charge on any atom is 0.437 e. The summed E-state index contributed by atoms with van der Waals surface area (Å²) in [5.41, 5.74) is 0. The Morgan fingerprint density at radius 3 is 2.96 bits per heavy atom. The Balaban J connectivity index is 1.47. The second-order valence-corrected chi connectivity index (χ2v) is 7.26. The second-order valence-electron chi connectivity index (χ2n) is 6.31. The zero-order valence-corrected chi connectivity index (χ0v) is 14.0. The van der Waals surface area contributed by atoms with Crippen LogP contribution in [0.1, 0.15) is 19.3 Å². The number of ether oxygens (including phenoxy) is 1. The number of carbonyl (C=O) groups excluding carboxylic acids is 1. The van der Waals surface area contributed by atoms with Crippen LogP contribution in [0.2, 0.25) is 0 Å². The number of carbonyl (C=O) groups is 1. The standard InChI is InChI=1S/C16H19N3O4S/c20-14(18(12-3-4-12)8-11-5-6-22-10-11)9-19-16(21)23-15(17-19)13-2-1-7-24-13/h1-2,7,11-12H,3-6,8-10H2/t11-/m0/s1. The normalized spacial score (nSPS) is 20.4. The first-order valence-corrected chi connectivity index (χ1v) is 9.07. The van der Waals surface area contributed by atoms with Crippen molar-refractivity contribution in [3.63, 3.8) is 0 Å². The van der Waals surface area contributed by atoms with Crippen molar-refractivity contribution in [1.82, 2.24) is 14.7 Å². The minimum Gasteiger partial charge on any atom is -0.387 e. The van der Waals surface area contributed by atoms with Crippen LogP contribution in [0.15, 0.2) is 26.7 Å². The van der Waals surface area contributed by atoms with Crippen molar-refractivity contribution in [2.24, 2.45) is 5.92 Å². The fourth-order valence-electron chi connectivity index (χ4n) is 2.97. The largest absolute Gasteiger partial charge is 0.437 e. The summed E-state index contributed by atoms with van der Waals surface area (Å²) in [7, 11) is 0. The highest BCUT2D eigenvalue weighted by molar-refractivity contribution is 7.13. The van der Waals surface area contributed by atoms with Crippen LogP contribution < -0.4 is 5.76 Å². The third kappa shape index (κ3) is 3.29. The summed E-state index contributed by atoms with van der Waals surface area (Å²) in [6, 6.07) is 4.00. The summed E-state index contributed by atoms with van der Waals surface area (Å²) in [6.45, 7) is 2.11. The SMILES string of the molecule is O=C(Cn1nc(-c2cccs2)oc1=O)N(C[C@@H]1CCOC1)C1CC1. The molecule has 0 bridgehead atoms. The van der Waals surface area contributed by atoms with E-state index >= 15 is 0 Å². The number of aromatic nitrogens is 2. The van der Waals surface area contributed by atoms with Crippen molar-refractivity contribution < 1.29 is 13.9 Å². The van der Waals surface area contributed by atoms with Gasteiger partial charge in [0.2, 0.25) is 5.91 Å². The van der Waals surface area contributed by atoms with Crippen molar-refractivity contribution in [2.45, 2.75) is 31.8 Å². The smallest absolute Gasteiger partial charge is 0.387 e. The molecule has 7 nitrogen and oxygen atoms in total. The van der Waals surface area contributed by atoms with Gasteiger partial charge in [-0.3, -0.25) is 4.79 Å². The van der Waals surface area contributed by atoms with Crippen molar-refractivity contribution in [3.8, 4) is 10.8 Å². The maximum atomic E-state index is 12.7. The van der Waals surface area contributed by atoms with Gasteiger partial charge in [-0.1, -0.05) is 6.07 Å². The molecule has 0 radical (unpaired) electrons. The number of rotatable bonds is 6. The molecule has 1 aliphatic heterocycles. The first kappa shape index (κ1) is 15.6. The van der Waals surface area contributed by atoms with Crippen LogP contribution in [0.3, 0.4) is 0 Å². The summed E-state index contributed by atoms with van der Waals surface area (Å²) < 4.78 is 11.7. The van der Waals surface area contributed by atoms with Crippen molar-refractivity contribution in [2.75, 3.05) is 19.8 Å². The Labute approximate surface area is 142 Å². The molecular weight excluding hydrogens is 330 g/mol. The van der Waals surface area contributed by atoms with E-state index in [9.17, 15) is 9.59 Å². The van der Waals surface area contributed by atoms with Gasteiger partial charge in [-0.2, -0.15) is 4.68 Å². The van der Waals surface area contributed by atoms with Crippen LogP contribution in [0.5, 0.6) is 0 Å². The number of nitrogens with zero attached hydrogens (tertiary/aromatic N) is 3. The van der Waals surface area contributed by atoms with Gasteiger partial charge in [0, 0.05) is 25.1 Å². The molecule has 2 aliphatic rings. The molecule has 0 unspecified atom stereocenters. The van der Waals surface area contributed by atoms with Crippen LogP contribution in [0.25, 0.3) is 10.8 Å². The van der Waals surface area contributed by atoms with Crippen LogP contribution in [0, 0.1) is 5.92 Å². The Hall–Kier alpha value is -1.93. The number of hydrogen-bond acceptors (Lipinski definition) is 6. The molecule has 1 amide bonds. The second kappa shape index (κ2) is 6.52. The summed E-state index contributed by atoms with van der Waals surface area (Å²) in [5, 5.41) is 6.05. The highest BCUT2D eigenvalue weighted by Gasteiger charge is 2.35. The van der Waals surface area contributed by atoms with E-state index in [-0.39, 0.29) is 18.3 Å². The van der Waals surface area contributed by atoms with Gasteiger partial charge >= 0.3 is 5.76 Å². The van der Waals surface area contributed by atoms with Gasteiger partial charge in [0.25, 0.3) is 5.89 Å². The number of thiophene rings is 1. The maximum absolute atomic E-state index is 12.7. The topological polar surface area (TPSA) is 77.6 Å². The third-order valence-electron chi connectivity index (χ3n) is 4.41. The minimum absolute atomic E-state index is 0.0716. The minimum atomic E-state index is -0.591. The third-order valence-corrected chi connectivity index (χ3v) is 5.27. The van der Waals surface area contributed by atoms with Gasteiger partial charge in [0.1, 0.15) is 6.54 Å². The Kier molecular flexibility index (Phi) is 4.24. The quantitative estimate of drug-likeness (QED) is 0.791. The van der Waals surface area contributed by atoms with E-state index in [1.54, 1.807) is 0 Å². The summed E-state index contributed by atoms with van der Waals surface area (Å²) in [4.78, 5) is 27.3. The van der Waals surface area contributed by atoms with E-state index in [1.165, 1.54) is 11.3 Å². The lowest BCUT2D eigenvalue weighted by Gasteiger charge is -2.24. The van der Waals surface area contributed by atoms with Gasteiger partial charge in [-0.05, 0) is 30.7 Å². The predicted octanol–water partition coefficient (Wildman–Crippen LogP) is 1.59. The Morgan fingerprint density at radius 1 is 1.42 bits per heavy atom. The van der Waals surface area contributed by atoms with Crippen LogP contribution >= 0.6 is 11.3 Å². The molecule has 2 aromatic heterocycles. The van der Waals surface area contributed by atoms with Crippen molar-refractivity contribution in [1.29, 1.82) is 0 Å². The zero-order valence-electron chi connectivity index (χ0n) is 13.2. The number of hydrogen-bond donors (Lipinski definition) is 0. The molecular formula is C16H19N3O4S. The highest BCUT2D eigenvalue weighted by Crippen LogP contribution is 2.29. The van der Waals surface area contributed by atoms with Gasteiger partial charge in [0.05, 0.1) is 11.5 Å². The molecule has 2 aromatic rings. The summed E-state index contributed by atoms with van der Waals surface area (Å²) in [6.07, 6.45) is 3.06. The summed E-state index contributed by atoms with van der Waals surface area (Å²) in [5.74, 6) is -0.000508. The van der Waals surface area contributed by atoms with Crippen LogP contribution in [0.4, 0.5) is 0 Å². The average molecular weight is 349 g/mol. The molecule has 0 aromatic carbocycles. The zero-order chi connectivity index (χ0) is 16.5. The molecule has 1 atom stereocenters. The molecule has 2 fully saturated rings. The van der Waals surface area contributed by atoms with E-state index < -0.39 is 5.76 Å². The lowest BCUT2D eigenvalue weighted by atomic mass is 10.1. The molecule has 1 saturated carbocycles. The van der Waals surface area contributed by atoms with Crippen LogP contribution in [-0.2, 0) is 16.1 Å². The fraction of sp³-hybridized carbons (Fsp3) is 0.562. The van der Waals surface area contributed by atoms with Gasteiger partial charge in [-0.15, -0.1) is 16.4 Å². The van der Waals surface area contributed by atoms with E-state index in [0.29, 0.717) is 25.1 Å². The van der Waals surface area contributed by atoms with Gasteiger partial charge in [-0.25, -0.2) is 4.79 Å². The molecule has 3 heterocycles. The Morgan fingerprint density at radius 2 is 2.29 bits per heavy atom. The number of amides is 1. The van der Waals surface area contributed by atoms with Gasteiger partial charge < -0.3 is 14.1 Å². The van der Waals surface area contributed by atoms with Crippen molar-refractivity contribution in [3.05, 3.63) is 28.1 Å². The molecule has 4 rings (SSSR count). The van der Waals surface area contributed by atoms with Crippen LogP contribution in [-0.4, -0.2) is 46.4 Å². The molecule has 24 heavy (non-hydrogen) atoms. The van der Waals surface area contributed by atoms with E-state index in [4.69, 9.17) is 9.15 Å². The molecule has 0 N–H and O–H groups in total. The summed E-state index contributed by atoms with van der Waals surface area (Å²) >= 11 is 1.44. The first-order valence-electron chi connectivity index (χ1n) is 8.20. The van der Waals surface area contributed by atoms with E-state index in [2.05, 4.69) is 5.10 Å². The molecule has 0 spiro atoms. The lowest BCUT2D eigenvalue weighted by Crippen LogP contribution is -2.40. The monoisotopic (exact) mass is 349 g/mol. The lowest BCUT2D eigenvalue weighted by molar-refractivity contribution is -0.133. The Bertz CT molecular complexity index is 757. The molecule has 8 heteroatoms. The van der Waals surface area contributed by atoms with E-state index in [0.717, 1.165) is 35.4 Å². The molecule has 1 aliphatic carbocycles.